The molecule has 1 saturated heterocycles. The predicted molar refractivity (Wildman–Crippen MR) is 108 cm³/mol. The molecule has 0 bridgehead atoms. The maximum Gasteiger partial charge on any atom is 0.350 e. The fourth-order valence-corrected chi connectivity index (χ4v) is 3.52. The van der Waals surface area contributed by atoms with Crippen LogP contribution >= 0.6 is 23.2 Å². The first-order chi connectivity index (χ1) is 13.9. The van der Waals surface area contributed by atoms with Crippen molar-refractivity contribution in [1.82, 2.24) is 19.6 Å². The van der Waals surface area contributed by atoms with Crippen molar-refractivity contribution < 1.29 is 14.5 Å². The van der Waals surface area contributed by atoms with Crippen molar-refractivity contribution >= 4 is 34.8 Å². The highest BCUT2D eigenvalue weighted by Gasteiger charge is 2.23. The molecule has 9 nitrogen and oxygen atoms in total. The molecule has 11 heteroatoms. The minimum atomic E-state index is -0.558. The van der Waals surface area contributed by atoms with Crippen molar-refractivity contribution in [3.05, 3.63) is 50.1 Å². The van der Waals surface area contributed by atoms with Crippen molar-refractivity contribution in [2.45, 2.75) is 19.5 Å². The summed E-state index contributed by atoms with van der Waals surface area (Å²) in [6.07, 6.45) is 1.50. The van der Waals surface area contributed by atoms with Crippen molar-refractivity contribution in [2.24, 2.45) is 0 Å². The topological polar surface area (TPSA) is 93.7 Å². The summed E-state index contributed by atoms with van der Waals surface area (Å²) in [6, 6.07) is 5.59. The summed E-state index contributed by atoms with van der Waals surface area (Å²) in [7, 11) is 1.32. The summed E-state index contributed by atoms with van der Waals surface area (Å²) >= 11 is 12.0. The fraction of sp³-hybridized carbons (Fsp3) is 0.444. The van der Waals surface area contributed by atoms with Gasteiger partial charge in [0.1, 0.15) is 6.20 Å². The number of rotatable bonds is 7. The summed E-state index contributed by atoms with van der Waals surface area (Å²) in [5.74, 6) is -0.0605. The van der Waals surface area contributed by atoms with Crippen LogP contribution in [-0.4, -0.2) is 63.7 Å². The zero-order chi connectivity index (χ0) is 21.0. The zero-order valence-electron chi connectivity index (χ0n) is 15.9. The van der Waals surface area contributed by atoms with E-state index in [0.29, 0.717) is 23.1 Å². The largest absolute Gasteiger partial charge is 0.475 e. The Balaban J connectivity index is 1.47. The van der Waals surface area contributed by atoms with Crippen LogP contribution in [-0.2, 0) is 17.9 Å². The van der Waals surface area contributed by atoms with Crippen LogP contribution in [0.1, 0.15) is 12.0 Å². The lowest BCUT2D eigenvalue weighted by molar-refractivity contribution is -0.385. The second-order valence-corrected chi connectivity index (χ2v) is 7.51. The number of aromatic nitrogens is 2. The minimum Gasteiger partial charge on any atom is -0.475 e. The minimum absolute atomic E-state index is 0.00342. The van der Waals surface area contributed by atoms with Crippen LogP contribution < -0.4 is 4.74 Å². The normalized spacial score (nSPS) is 14.8. The third kappa shape index (κ3) is 5.37. The molecule has 0 N–H and O–H groups in total. The van der Waals surface area contributed by atoms with E-state index in [1.807, 2.05) is 12.1 Å². The van der Waals surface area contributed by atoms with E-state index in [9.17, 15) is 14.9 Å². The Morgan fingerprint density at radius 2 is 1.97 bits per heavy atom. The number of ether oxygens (including phenoxy) is 1. The van der Waals surface area contributed by atoms with Gasteiger partial charge in [0, 0.05) is 39.1 Å². The van der Waals surface area contributed by atoms with E-state index in [0.717, 1.165) is 25.2 Å². The van der Waals surface area contributed by atoms with Crippen LogP contribution in [0.15, 0.2) is 24.4 Å². The van der Waals surface area contributed by atoms with E-state index in [2.05, 4.69) is 10.00 Å². The molecule has 2 heterocycles. The molecule has 1 fully saturated rings. The second kappa shape index (κ2) is 9.43. The van der Waals surface area contributed by atoms with E-state index < -0.39 is 4.92 Å². The molecule has 0 aliphatic carbocycles. The molecule has 156 valence electrons. The van der Waals surface area contributed by atoms with Crippen molar-refractivity contribution in [3.63, 3.8) is 0 Å². The lowest BCUT2D eigenvalue weighted by Crippen LogP contribution is -2.48. The molecule has 2 aromatic rings. The number of amides is 1. The standard InChI is InChI=1S/C18H21Cl2N5O4/c1-29-18-16(25(27)28)12-24(21-18)5-4-17(26)23-8-6-22(7-9-23)11-13-2-3-14(19)15(20)10-13/h2-3,10,12H,4-9,11H2,1H3. The molecule has 0 saturated carbocycles. The van der Waals surface area contributed by atoms with Crippen molar-refractivity contribution in [1.29, 1.82) is 0 Å². The lowest BCUT2D eigenvalue weighted by atomic mass is 10.2. The summed E-state index contributed by atoms with van der Waals surface area (Å²) in [4.78, 5) is 26.9. The Morgan fingerprint density at radius 3 is 2.55 bits per heavy atom. The average molecular weight is 442 g/mol. The third-order valence-electron chi connectivity index (χ3n) is 4.77. The molecule has 29 heavy (non-hydrogen) atoms. The number of methoxy groups -OCH3 is 1. The SMILES string of the molecule is COc1nn(CCC(=O)N2CCN(Cc3ccc(Cl)c(Cl)c3)CC2)cc1[N+](=O)[O-]. The van der Waals surface area contributed by atoms with Gasteiger partial charge in [-0.1, -0.05) is 29.3 Å². The summed E-state index contributed by atoms with van der Waals surface area (Å²) < 4.78 is 6.27. The van der Waals surface area contributed by atoms with Gasteiger partial charge in [0.05, 0.1) is 28.6 Å². The van der Waals surface area contributed by atoms with E-state index in [1.165, 1.54) is 18.0 Å². The van der Waals surface area contributed by atoms with Gasteiger partial charge in [-0.2, -0.15) is 0 Å². The molecule has 1 aliphatic heterocycles. The molecule has 1 amide bonds. The highest BCUT2D eigenvalue weighted by atomic mass is 35.5. The number of nitrogens with zero attached hydrogens (tertiary/aromatic N) is 5. The Labute approximate surface area is 177 Å². The first-order valence-electron chi connectivity index (χ1n) is 9.07. The number of hydrogen-bond donors (Lipinski definition) is 0. The molecular weight excluding hydrogens is 421 g/mol. The summed E-state index contributed by atoms with van der Waals surface area (Å²) in [5.41, 5.74) is 0.865. The summed E-state index contributed by atoms with van der Waals surface area (Å²) in [5, 5.41) is 16.0. The van der Waals surface area contributed by atoms with Crippen LogP contribution in [0.4, 0.5) is 5.69 Å². The predicted octanol–water partition coefficient (Wildman–Crippen LogP) is 2.84. The lowest BCUT2D eigenvalue weighted by Gasteiger charge is -2.34. The number of carbonyl (C=O) groups excluding carboxylic acids is 1. The highest BCUT2D eigenvalue weighted by molar-refractivity contribution is 6.42. The first kappa shape index (κ1) is 21.4. The monoisotopic (exact) mass is 441 g/mol. The average Bonchev–Trinajstić information content (AvgIpc) is 3.13. The van der Waals surface area contributed by atoms with Crippen LogP contribution in [0.5, 0.6) is 5.88 Å². The van der Waals surface area contributed by atoms with Gasteiger partial charge in [0.25, 0.3) is 0 Å². The van der Waals surface area contributed by atoms with Crippen LogP contribution in [0, 0.1) is 10.1 Å². The van der Waals surface area contributed by atoms with Crippen molar-refractivity contribution in [2.75, 3.05) is 33.3 Å². The molecule has 1 aliphatic rings. The van der Waals surface area contributed by atoms with Crippen LogP contribution in [0.2, 0.25) is 10.0 Å². The van der Waals surface area contributed by atoms with E-state index in [4.69, 9.17) is 27.9 Å². The Bertz CT molecular complexity index is 896. The number of hydrogen-bond acceptors (Lipinski definition) is 6. The van der Waals surface area contributed by atoms with Gasteiger partial charge < -0.3 is 9.64 Å². The van der Waals surface area contributed by atoms with Crippen molar-refractivity contribution in [3.8, 4) is 5.88 Å². The highest BCUT2D eigenvalue weighted by Crippen LogP contribution is 2.25. The maximum absolute atomic E-state index is 12.5. The van der Waals surface area contributed by atoms with Gasteiger partial charge in [-0.3, -0.25) is 24.5 Å². The molecule has 1 aromatic heterocycles. The van der Waals surface area contributed by atoms with E-state index >= 15 is 0 Å². The Kier molecular flexibility index (Phi) is 6.94. The first-order valence-corrected chi connectivity index (χ1v) is 9.83. The maximum atomic E-state index is 12.5. The molecule has 0 atom stereocenters. The molecule has 1 aromatic carbocycles. The Hall–Kier alpha value is -2.36. The fourth-order valence-electron chi connectivity index (χ4n) is 3.20. The zero-order valence-corrected chi connectivity index (χ0v) is 17.4. The number of nitro groups is 1. The third-order valence-corrected chi connectivity index (χ3v) is 5.51. The second-order valence-electron chi connectivity index (χ2n) is 6.70. The van der Waals surface area contributed by atoms with Gasteiger partial charge in [-0.25, -0.2) is 0 Å². The van der Waals surface area contributed by atoms with Crippen LogP contribution in [0.3, 0.4) is 0 Å². The van der Waals surface area contributed by atoms with E-state index in [-0.39, 0.29) is 30.4 Å². The van der Waals surface area contributed by atoms with E-state index in [1.54, 1.807) is 11.0 Å². The molecular formula is C18H21Cl2N5O4. The number of piperazine rings is 1. The number of aryl methyl sites for hydroxylation is 1. The van der Waals surface area contributed by atoms with Gasteiger partial charge >= 0.3 is 11.6 Å². The molecule has 0 unspecified atom stereocenters. The summed E-state index contributed by atoms with van der Waals surface area (Å²) in [6.45, 7) is 3.77. The molecule has 0 spiro atoms. The van der Waals surface area contributed by atoms with Crippen LogP contribution in [0.25, 0.3) is 0 Å². The molecule has 3 rings (SSSR count). The molecule has 0 radical (unpaired) electrons. The van der Waals surface area contributed by atoms with Gasteiger partial charge in [-0.05, 0) is 17.7 Å². The van der Waals surface area contributed by atoms with Gasteiger partial charge in [-0.15, -0.1) is 5.10 Å². The smallest absolute Gasteiger partial charge is 0.350 e. The van der Waals surface area contributed by atoms with Gasteiger partial charge in [0.2, 0.25) is 5.91 Å². The number of halogens is 2. The Morgan fingerprint density at radius 1 is 1.24 bits per heavy atom. The van der Waals surface area contributed by atoms with Gasteiger partial charge in [0.15, 0.2) is 0 Å². The number of benzene rings is 1. The number of carbonyl (C=O) groups is 1. The quantitative estimate of drug-likeness (QED) is 0.484.